The topological polar surface area (TPSA) is 63.4 Å². The van der Waals surface area contributed by atoms with Crippen molar-refractivity contribution in [2.24, 2.45) is 0 Å². The lowest BCUT2D eigenvalue weighted by molar-refractivity contribution is 0.424. The van der Waals surface area contributed by atoms with Crippen LogP contribution in [0.1, 0.15) is 31.6 Å². The summed E-state index contributed by atoms with van der Waals surface area (Å²) >= 11 is 0. The van der Waals surface area contributed by atoms with E-state index < -0.39 is 10.0 Å². The first kappa shape index (κ1) is 13.6. The van der Waals surface area contributed by atoms with Gasteiger partial charge in [-0.15, -0.1) is 0 Å². The summed E-state index contributed by atoms with van der Waals surface area (Å²) < 4.78 is 32.3. The monoisotopic (exact) mass is 294 g/mol. The van der Waals surface area contributed by atoms with Crippen LogP contribution < -0.4 is 0 Å². The van der Waals surface area contributed by atoms with Crippen LogP contribution >= 0.6 is 0 Å². The number of hydrogen-bond donors (Lipinski definition) is 0. The van der Waals surface area contributed by atoms with Crippen molar-refractivity contribution in [2.45, 2.75) is 37.5 Å². The maximum atomic E-state index is 12.7. The predicted octanol–water partition coefficient (Wildman–Crippen LogP) is 2.70. The number of aromatic nitrogens is 1. The van der Waals surface area contributed by atoms with E-state index in [4.69, 9.17) is 4.42 Å². The Balaban J connectivity index is 1.99. The molecule has 0 unspecified atom stereocenters. The number of oxazole rings is 1. The summed E-state index contributed by atoms with van der Waals surface area (Å²) in [5.41, 5.74) is 1.22. The number of hydrogen-bond acceptors (Lipinski definition) is 4. The van der Waals surface area contributed by atoms with Crippen LogP contribution in [0.25, 0.3) is 11.1 Å². The molecule has 2 heterocycles. The number of fused-ring (bicyclic) bond motifs is 1. The highest BCUT2D eigenvalue weighted by molar-refractivity contribution is 7.89. The normalized spacial score (nSPS) is 18.2. The Kier molecular flexibility index (Phi) is 3.52. The van der Waals surface area contributed by atoms with Gasteiger partial charge in [-0.1, -0.05) is 12.8 Å². The Morgan fingerprint density at radius 2 is 1.85 bits per heavy atom. The Morgan fingerprint density at radius 1 is 1.15 bits per heavy atom. The highest BCUT2D eigenvalue weighted by atomic mass is 32.2. The van der Waals surface area contributed by atoms with Crippen molar-refractivity contribution in [3.8, 4) is 0 Å². The second kappa shape index (κ2) is 5.18. The molecule has 20 heavy (non-hydrogen) atoms. The van der Waals surface area contributed by atoms with Crippen molar-refractivity contribution >= 4 is 21.1 Å². The highest BCUT2D eigenvalue weighted by Gasteiger charge is 2.25. The van der Waals surface area contributed by atoms with Gasteiger partial charge in [-0.2, -0.15) is 4.31 Å². The molecule has 0 aliphatic carbocycles. The van der Waals surface area contributed by atoms with Crippen molar-refractivity contribution in [3.05, 3.63) is 24.1 Å². The molecule has 0 spiro atoms. The van der Waals surface area contributed by atoms with Crippen molar-refractivity contribution in [1.29, 1.82) is 0 Å². The Bertz CT molecular complexity index is 713. The summed E-state index contributed by atoms with van der Waals surface area (Å²) in [5, 5.41) is 0. The van der Waals surface area contributed by atoms with E-state index >= 15 is 0 Å². The number of rotatable bonds is 2. The number of aryl methyl sites for hydroxylation is 1. The summed E-state index contributed by atoms with van der Waals surface area (Å²) in [7, 11) is -3.42. The zero-order chi connectivity index (χ0) is 14.2. The molecule has 1 aliphatic heterocycles. The van der Waals surface area contributed by atoms with Gasteiger partial charge in [-0.05, 0) is 31.0 Å². The summed E-state index contributed by atoms with van der Waals surface area (Å²) in [6.45, 7) is 2.97. The third-order valence-corrected chi connectivity index (χ3v) is 5.56. The van der Waals surface area contributed by atoms with Gasteiger partial charge in [0.2, 0.25) is 10.0 Å². The average Bonchev–Trinajstić information content (AvgIpc) is 2.63. The molecular formula is C14H18N2O3S. The standard InChI is InChI=1S/C14H18N2O3S/c1-11-15-13-10-12(6-7-14(13)19-11)20(17,18)16-8-4-2-3-5-9-16/h6-7,10H,2-5,8-9H2,1H3. The fourth-order valence-corrected chi connectivity index (χ4v) is 4.15. The molecule has 0 amide bonds. The van der Waals surface area contributed by atoms with Gasteiger partial charge in [0.1, 0.15) is 5.52 Å². The summed E-state index contributed by atoms with van der Waals surface area (Å²) in [6.07, 6.45) is 4.08. The van der Waals surface area contributed by atoms with Gasteiger partial charge in [0.15, 0.2) is 11.5 Å². The first-order valence-electron chi connectivity index (χ1n) is 6.95. The molecule has 1 fully saturated rings. The van der Waals surface area contributed by atoms with Crippen LogP contribution in [0, 0.1) is 6.92 Å². The molecule has 108 valence electrons. The minimum atomic E-state index is -3.42. The summed E-state index contributed by atoms with van der Waals surface area (Å²) in [6, 6.07) is 4.89. The van der Waals surface area contributed by atoms with Crippen LogP contribution in [0.3, 0.4) is 0 Å². The van der Waals surface area contributed by atoms with Gasteiger partial charge < -0.3 is 4.42 Å². The lowest BCUT2D eigenvalue weighted by Crippen LogP contribution is -2.31. The fraction of sp³-hybridized carbons (Fsp3) is 0.500. The predicted molar refractivity (Wildman–Crippen MR) is 76.0 cm³/mol. The average molecular weight is 294 g/mol. The largest absolute Gasteiger partial charge is 0.441 e. The maximum absolute atomic E-state index is 12.7. The van der Waals surface area contributed by atoms with E-state index in [1.807, 2.05) is 0 Å². The third kappa shape index (κ3) is 2.45. The van der Waals surface area contributed by atoms with Gasteiger partial charge in [0.05, 0.1) is 4.90 Å². The zero-order valence-corrected chi connectivity index (χ0v) is 12.3. The second-order valence-corrected chi connectivity index (χ2v) is 7.12. The van der Waals surface area contributed by atoms with E-state index in [9.17, 15) is 8.42 Å². The lowest BCUT2D eigenvalue weighted by atomic mass is 10.2. The quantitative estimate of drug-likeness (QED) is 0.854. The van der Waals surface area contributed by atoms with E-state index in [2.05, 4.69) is 4.98 Å². The molecule has 0 N–H and O–H groups in total. The fourth-order valence-electron chi connectivity index (χ4n) is 2.61. The van der Waals surface area contributed by atoms with E-state index in [0.29, 0.717) is 35.0 Å². The third-order valence-electron chi connectivity index (χ3n) is 3.67. The molecule has 1 saturated heterocycles. The molecule has 3 rings (SSSR count). The van der Waals surface area contributed by atoms with E-state index in [-0.39, 0.29) is 0 Å². The Labute approximate surface area is 118 Å². The van der Waals surface area contributed by atoms with E-state index in [0.717, 1.165) is 25.7 Å². The lowest BCUT2D eigenvalue weighted by Gasteiger charge is -2.19. The van der Waals surface area contributed by atoms with Crippen molar-refractivity contribution in [3.63, 3.8) is 0 Å². The molecule has 0 radical (unpaired) electrons. The van der Waals surface area contributed by atoms with Gasteiger partial charge in [-0.3, -0.25) is 0 Å². The van der Waals surface area contributed by atoms with Gasteiger partial charge in [0, 0.05) is 20.0 Å². The van der Waals surface area contributed by atoms with Gasteiger partial charge >= 0.3 is 0 Å². The Morgan fingerprint density at radius 3 is 2.55 bits per heavy atom. The van der Waals surface area contributed by atoms with E-state index in [1.54, 1.807) is 29.4 Å². The molecule has 5 nitrogen and oxygen atoms in total. The zero-order valence-electron chi connectivity index (χ0n) is 11.5. The SMILES string of the molecule is Cc1nc2cc(S(=O)(=O)N3CCCCCC3)ccc2o1. The second-order valence-electron chi connectivity index (χ2n) is 5.18. The molecular weight excluding hydrogens is 276 g/mol. The van der Waals surface area contributed by atoms with Crippen molar-refractivity contribution in [2.75, 3.05) is 13.1 Å². The van der Waals surface area contributed by atoms with E-state index in [1.165, 1.54) is 0 Å². The molecule has 1 aliphatic rings. The summed E-state index contributed by atoms with van der Waals surface area (Å²) in [5.74, 6) is 0.546. The van der Waals surface area contributed by atoms with Gasteiger partial charge in [-0.25, -0.2) is 13.4 Å². The smallest absolute Gasteiger partial charge is 0.243 e. The molecule has 1 aromatic carbocycles. The van der Waals surface area contributed by atoms with Crippen molar-refractivity contribution in [1.82, 2.24) is 9.29 Å². The van der Waals surface area contributed by atoms with Crippen LogP contribution in [0.15, 0.2) is 27.5 Å². The number of sulfonamides is 1. The first-order valence-corrected chi connectivity index (χ1v) is 8.39. The number of benzene rings is 1. The summed E-state index contributed by atoms with van der Waals surface area (Å²) in [4.78, 5) is 4.51. The minimum Gasteiger partial charge on any atom is -0.441 e. The highest BCUT2D eigenvalue weighted by Crippen LogP contribution is 2.24. The van der Waals surface area contributed by atoms with Crippen LogP contribution in [-0.4, -0.2) is 30.8 Å². The van der Waals surface area contributed by atoms with Crippen LogP contribution in [-0.2, 0) is 10.0 Å². The first-order chi connectivity index (χ1) is 9.57. The molecule has 6 heteroatoms. The molecule has 1 aromatic heterocycles. The molecule has 0 bridgehead atoms. The maximum Gasteiger partial charge on any atom is 0.243 e. The molecule has 2 aromatic rings. The minimum absolute atomic E-state index is 0.306. The Hall–Kier alpha value is -1.40. The van der Waals surface area contributed by atoms with Crippen molar-refractivity contribution < 1.29 is 12.8 Å². The molecule has 0 atom stereocenters. The van der Waals surface area contributed by atoms with Crippen LogP contribution in [0.4, 0.5) is 0 Å². The van der Waals surface area contributed by atoms with Gasteiger partial charge in [0.25, 0.3) is 0 Å². The van der Waals surface area contributed by atoms with Crippen LogP contribution in [0.5, 0.6) is 0 Å². The van der Waals surface area contributed by atoms with Crippen LogP contribution in [0.2, 0.25) is 0 Å². The number of nitrogens with zero attached hydrogens (tertiary/aromatic N) is 2. The molecule has 0 saturated carbocycles.